The predicted octanol–water partition coefficient (Wildman–Crippen LogP) is 3.17. The van der Waals surface area contributed by atoms with Gasteiger partial charge in [0.2, 0.25) is 5.91 Å². The van der Waals surface area contributed by atoms with E-state index in [9.17, 15) is 9.59 Å². The summed E-state index contributed by atoms with van der Waals surface area (Å²) < 4.78 is 0. The molecular weight excluding hydrogens is 378 g/mol. The van der Waals surface area contributed by atoms with Crippen molar-refractivity contribution < 1.29 is 9.59 Å². The van der Waals surface area contributed by atoms with Gasteiger partial charge < -0.3 is 20.9 Å². The highest BCUT2D eigenvalue weighted by Crippen LogP contribution is 2.19. The van der Waals surface area contributed by atoms with Crippen molar-refractivity contribution in [2.24, 2.45) is 0 Å². The zero-order valence-corrected chi connectivity index (χ0v) is 16.8. The molecule has 2 unspecified atom stereocenters. The number of carbonyl (C=O) groups is 2. The first-order valence-corrected chi connectivity index (χ1v) is 9.90. The van der Waals surface area contributed by atoms with Crippen molar-refractivity contribution in [3.8, 4) is 6.07 Å². The van der Waals surface area contributed by atoms with Crippen LogP contribution in [0.25, 0.3) is 10.9 Å². The van der Waals surface area contributed by atoms with Gasteiger partial charge in [-0.25, -0.2) is 4.79 Å². The molecule has 0 aliphatic rings. The maximum Gasteiger partial charge on any atom is 0.315 e. The molecule has 0 saturated heterocycles. The van der Waals surface area contributed by atoms with Crippen LogP contribution in [0.4, 0.5) is 4.79 Å². The number of nitrogens with one attached hydrogen (secondary N) is 4. The van der Waals surface area contributed by atoms with Crippen LogP contribution in [-0.4, -0.2) is 29.5 Å². The second-order valence-electron chi connectivity index (χ2n) is 7.07. The average molecular weight is 403 g/mol. The highest BCUT2D eigenvalue weighted by molar-refractivity contribution is 5.89. The Morgan fingerprint density at radius 3 is 2.57 bits per heavy atom. The van der Waals surface area contributed by atoms with Crippen LogP contribution < -0.4 is 16.0 Å². The number of aromatic amines is 1. The van der Waals surface area contributed by atoms with E-state index >= 15 is 0 Å². The number of hydrogen-bond acceptors (Lipinski definition) is 3. The third kappa shape index (κ3) is 5.39. The normalized spacial score (nSPS) is 12.5. The Balaban J connectivity index is 1.71. The maximum absolute atomic E-state index is 12.7. The van der Waals surface area contributed by atoms with Gasteiger partial charge in [-0.15, -0.1) is 0 Å². The molecule has 3 amide bonds. The first kappa shape index (κ1) is 20.9. The topological polar surface area (TPSA) is 110 Å². The zero-order chi connectivity index (χ0) is 21.3. The highest BCUT2D eigenvalue weighted by atomic mass is 16.2. The lowest BCUT2D eigenvalue weighted by molar-refractivity contribution is -0.122. The standard InChI is InChI=1S/C23H25N5O2/c1-16(17-8-3-2-4-9-17)27-23(30)28-21(22(29)25-13-7-12-24)14-18-15-26-20-11-6-5-10-19(18)20/h2-6,8-11,15-16,21,26H,7,13-14H2,1H3,(H,25,29)(H2,27,28,30). The molecule has 2 atom stereocenters. The number of H-pyrrole nitrogens is 1. The van der Waals surface area contributed by atoms with Crippen LogP contribution >= 0.6 is 0 Å². The van der Waals surface area contributed by atoms with E-state index in [4.69, 9.17) is 5.26 Å². The summed E-state index contributed by atoms with van der Waals surface area (Å²) in [5.41, 5.74) is 2.88. The Morgan fingerprint density at radius 2 is 1.80 bits per heavy atom. The Morgan fingerprint density at radius 1 is 1.07 bits per heavy atom. The predicted molar refractivity (Wildman–Crippen MR) is 116 cm³/mol. The van der Waals surface area contributed by atoms with Crippen molar-refractivity contribution in [3.05, 3.63) is 71.9 Å². The van der Waals surface area contributed by atoms with Crippen LogP contribution in [0.15, 0.2) is 60.8 Å². The number of benzene rings is 2. The second-order valence-corrected chi connectivity index (χ2v) is 7.07. The van der Waals surface area contributed by atoms with Gasteiger partial charge in [-0.2, -0.15) is 5.26 Å². The van der Waals surface area contributed by atoms with Crippen LogP contribution in [0.1, 0.15) is 30.5 Å². The van der Waals surface area contributed by atoms with E-state index in [-0.39, 0.29) is 24.9 Å². The SMILES string of the molecule is CC(NC(=O)NC(Cc1c[nH]c2ccccc12)C(=O)NCCC#N)c1ccccc1. The van der Waals surface area contributed by atoms with Crippen LogP contribution in [-0.2, 0) is 11.2 Å². The summed E-state index contributed by atoms with van der Waals surface area (Å²) in [5, 5.41) is 18.1. The van der Waals surface area contributed by atoms with Crippen molar-refractivity contribution in [2.45, 2.75) is 31.8 Å². The molecule has 0 saturated carbocycles. The van der Waals surface area contributed by atoms with Gasteiger partial charge in [0.1, 0.15) is 6.04 Å². The highest BCUT2D eigenvalue weighted by Gasteiger charge is 2.23. The molecule has 2 aromatic carbocycles. The summed E-state index contributed by atoms with van der Waals surface area (Å²) in [6, 6.07) is 18.0. The van der Waals surface area contributed by atoms with E-state index in [1.807, 2.05) is 73.8 Å². The van der Waals surface area contributed by atoms with Gasteiger partial charge in [-0.1, -0.05) is 48.5 Å². The second kappa shape index (κ2) is 10.1. The number of amides is 3. The summed E-state index contributed by atoms with van der Waals surface area (Å²) in [4.78, 5) is 28.5. The lowest BCUT2D eigenvalue weighted by Gasteiger charge is -2.21. The fourth-order valence-corrected chi connectivity index (χ4v) is 3.32. The number of carbonyl (C=O) groups excluding carboxylic acids is 2. The molecule has 154 valence electrons. The van der Waals surface area contributed by atoms with Crippen molar-refractivity contribution >= 4 is 22.8 Å². The van der Waals surface area contributed by atoms with Crippen LogP contribution in [0.3, 0.4) is 0 Å². The molecule has 0 spiro atoms. The summed E-state index contributed by atoms with van der Waals surface area (Å²) in [7, 11) is 0. The number of hydrogen-bond donors (Lipinski definition) is 4. The van der Waals surface area contributed by atoms with Crippen molar-refractivity contribution in [1.29, 1.82) is 5.26 Å². The van der Waals surface area contributed by atoms with Crippen molar-refractivity contribution in [1.82, 2.24) is 20.9 Å². The van der Waals surface area contributed by atoms with Gasteiger partial charge in [0.15, 0.2) is 0 Å². The number of rotatable bonds is 8. The molecule has 4 N–H and O–H groups in total. The number of nitrogens with zero attached hydrogens (tertiary/aromatic N) is 1. The summed E-state index contributed by atoms with van der Waals surface area (Å²) in [6.07, 6.45) is 2.39. The Kier molecular flexibility index (Phi) is 7.06. The number of urea groups is 1. The summed E-state index contributed by atoms with van der Waals surface area (Å²) in [6.45, 7) is 2.13. The quantitative estimate of drug-likeness (QED) is 0.434. The lowest BCUT2D eigenvalue weighted by Crippen LogP contribution is -2.51. The minimum absolute atomic E-state index is 0.207. The molecule has 7 heteroatoms. The molecule has 1 heterocycles. The van der Waals surface area contributed by atoms with Crippen LogP contribution in [0, 0.1) is 11.3 Å². The third-order valence-corrected chi connectivity index (χ3v) is 4.90. The number of aromatic nitrogens is 1. The first-order valence-electron chi connectivity index (χ1n) is 9.90. The van der Waals surface area contributed by atoms with E-state index in [1.54, 1.807) is 0 Å². The molecule has 0 bridgehead atoms. The fourth-order valence-electron chi connectivity index (χ4n) is 3.32. The molecule has 0 radical (unpaired) electrons. The first-order chi connectivity index (χ1) is 14.6. The van der Waals surface area contributed by atoms with Gasteiger partial charge >= 0.3 is 6.03 Å². The molecule has 1 aromatic heterocycles. The molecule has 3 aromatic rings. The molecule has 3 rings (SSSR count). The van der Waals surface area contributed by atoms with Gasteiger partial charge in [-0.05, 0) is 24.1 Å². The third-order valence-electron chi connectivity index (χ3n) is 4.90. The Hall–Kier alpha value is -3.79. The molecule has 30 heavy (non-hydrogen) atoms. The summed E-state index contributed by atoms with van der Waals surface area (Å²) in [5.74, 6) is -0.321. The molecule has 0 aliphatic heterocycles. The van der Waals surface area contributed by atoms with Gasteiger partial charge in [0.05, 0.1) is 18.5 Å². The largest absolute Gasteiger partial charge is 0.361 e. The number of para-hydroxylation sites is 1. The Labute approximate surface area is 175 Å². The molecule has 0 fully saturated rings. The van der Waals surface area contributed by atoms with E-state index < -0.39 is 12.1 Å². The summed E-state index contributed by atoms with van der Waals surface area (Å²) >= 11 is 0. The van der Waals surface area contributed by atoms with Crippen LogP contribution in [0.5, 0.6) is 0 Å². The molecular formula is C23H25N5O2. The number of nitriles is 1. The van der Waals surface area contributed by atoms with Gasteiger partial charge in [0.25, 0.3) is 0 Å². The van der Waals surface area contributed by atoms with E-state index in [0.717, 1.165) is 22.0 Å². The minimum atomic E-state index is -0.772. The Bertz CT molecular complexity index is 1040. The minimum Gasteiger partial charge on any atom is -0.361 e. The lowest BCUT2D eigenvalue weighted by atomic mass is 10.0. The average Bonchev–Trinajstić information content (AvgIpc) is 3.17. The van der Waals surface area contributed by atoms with E-state index in [0.29, 0.717) is 6.42 Å². The zero-order valence-electron chi connectivity index (χ0n) is 16.8. The maximum atomic E-state index is 12.7. The fraction of sp³-hybridized carbons (Fsp3) is 0.261. The van der Waals surface area contributed by atoms with Crippen molar-refractivity contribution in [3.63, 3.8) is 0 Å². The monoisotopic (exact) mass is 403 g/mol. The van der Waals surface area contributed by atoms with E-state index in [1.165, 1.54) is 0 Å². The van der Waals surface area contributed by atoms with E-state index in [2.05, 4.69) is 20.9 Å². The van der Waals surface area contributed by atoms with Gasteiger partial charge in [-0.3, -0.25) is 4.79 Å². The molecule has 0 aliphatic carbocycles. The van der Waals surface area contributed by atoms with Gasteiger partial charge in [0, 0.05) is 30.1 Å². The van der Waals surface area contributed by atoms with Crippen molar-refractivity contribution in [2.75, 3.05) is 6.54 Å². The molecule has 7 nitrogen and oxygen atoms in total. The van der Waals surface area contributed by atoms with Crippen LogP contribution in [0.2, 0.25) is 0 Å². The smallest absolute Gasteiger partial charge is 0.315 e. The number of fused-ring (bicyclic) bond motifs is 1.